The van der Waals surface area contributed by atoms with Crippen LogP contribution < -0.4 is 11.5 Å². The number of nitrogens with two attached hydrogens (primary N) is 2. The highest BCUT2D eigenvalue weighted by Gasteiger charge is 2.16. The molecule has 1 heterocycles. The van der Waals surface area contributed by atoms with E-state index >= 15 is 0 Å². The van der Waals surface area contributed by atoms with Crippen molar-refractivity contribution in [3.63, 3.8) is 0 Å². The number of anilines is 1. The summed E-state index contributed by atoms with van der Waals surface area (Å²) in [6.45, 7) is 1.72. The van der Waals surface area contributed by atoms with Crippen LogP contribution in [0.25, 0.3) is 5.69 Å². The number of carbonyl (C=O) groups is 1. The molecule has 16 heavy (non-hydrogen) atoms. The molecule has 5 heteroatoms. The van der Waals surface area contributed by atoms with E-state index in [-0.39, 0.29) is 5.69 Å². The fourth-order valence-electron chi connectivity index (χ4n) is 1.51. The van der Waals surface area contributed by atoms with Crippen LogP contribution in [0.5, 0.6) is 0 Å². The smallest absolute Gasteiger partial charge is 0.269 e. The van der Waals surface area contributed by atoms with Crippen LogP contribution >= 0.6 is 0 Å². The Kier molecular flexibility index (Phi) is 2.36. The molecule has 0 atom stereocenters. The van der Waals surface area contributed by atoms with Crippen LogP contribution in [0.3, 0.4) is 0 Å². The van der Waals surface area contributed by atoms with Crippen molar-refractivity contribution in [3.8, 4) is 5.69 Å². The van der Waals surface area contributed by atoms with Crippen molar-refractivity contribution in [2.24, 2.45) is 5.73 Å². The lowest BCUT2D eigenvalue weighted by molar-refractivity contribution is 0.0994. The molecule has 0 aliphatic heterocycles. The average Bonchev–Trinajstić information content (AvgIpc) is 2.58. The highest BCUT2D eigenvalue weighted by Crippen LogP contribution is 2.19. The summed E-state index contributed by atoms with van der Waals surface area (Å²) >= 11 is 0. The van der Waals surface area contributed by atoms with Gasteiger partial charge in [0.15, 0.2) is 5.69 Å². The maximum Gasteiger partial charge on any atom is 0.269 e. The Balaban J connectivity index is 2.60. The lowest BCUT2D eigenvalue weighted by atomic mass is 10.2. The number of hydrogen-bond acceptors (Lipinski definition) is 3. The number of rotatable bonds is 2. The van der Waals surface area contributed by atoms with Crippen molar-refractivity contribution in [1.82, 2.24) is 9.78 Å². The predicted molar refractivity (Wildman–Crippen MR) is 61.2 cm³/mol. The first-order chi connectivity index (χ1) is 7.61. The monoisotopic (exact) mass is 216 g/mol. The number of carbonyl (C=O) groups excluding carboxylic acids is 1. The Hall–Kier alpha value is -2.30. The number of benzene rings is 1. The van der Waals surface area contributed by atoms with E-state index in [1.165, 1.54) is 4.68 Å². The zero-order chi connectivity index (χ0) is 11.7. The summed E-state index contributed by atoms with van der Waals surface area (Å²) in [6, 6.07) is 9.34. The van der Waals surface area contributed by atoms with Crippen molar-refractivity contribution in [1.29, 1.82) is 0 Å². The van der Waals surface area contributed by atoms with Gasteiger partial charge < -0.3 is 11.5 Å². The molecule has 1 aromatic heterocycles. The second-order valence-corrected chi connectivity index (χ2v) is 3.47. The SMILES string of the molecule is Cc1c(C(N)=O)nn(-c2ccccc2)c1N. The van der Waals surface area contributed by atoms with E-state index in [1.807, 2.05) is 30.3 Å². The van der Waals surface area contributed by atoms with E-state index in [4.69, 9.17) is 11.5 Å². The van der Waals surface area contributed by atoms with Gasteiger partial charge in [-0.15, -0.1) is 0 Å². The van der Waals surface area contributed by atoms with Crippen LogP contribution in [0.15, 0.2) is 30.3 Å². The Morgan fingerprint density at radius 3 is 2.44 bits per heavy atom. The molecule has 1 amide bonds. The quantitative estimate of drug-likeness (QED) is 0.780. The Labute approximate surface area is 92.7 Å². The number of amides is 1. The molecular weight excluding hydrogens is 204 g/mol. The molecule has 0 aliphatic carbocycles. The second-order valence-electron chi connectivity index (χ2n) is 3.47. The van der Waals surface area contributed by atoms with Gasteiger partial charge in [-0.25, -0.2) is 4.68 Å². The van der Waals surface area contributed by atoms with E-state index in [1.54, 1.807) is 6.92 Å². The van der Waals surface area contributed by atoms with E-state index in [9.17, 15) is 4.79 Å². The minimum absolute atomic E-state index is 0.210. The fraction of sp³-hybridized carbons (Fsp3) is 0.0909. The number of hydrogen-bond donors (Lipinski definition) is 2. The number of para-hydroxylation sites is 1. The number of nitrogen functional groups attached to an aromatic ring is 1. The maximum absolute atomic E-state index is 11.1. The summed E-state index contributed by atoms with van der Waals surface area (Å²) in [6.07, 6.45) is 0. The van der Waals surface area contributed by atoms with Crippen molar-refractivity contribution in [3.05, 3.63) is 41.6 Å². The summed E-state index contributed by atoms with van der Waals surface area (Å²) in [5.41, 5.74) is 12.7. The second kappa shape index (κ2) is 3.69. The van der Waals surface area contributed by atoms with Gasteiger partial charge in [-0.3, -0.25) is 4.79 Å². The third-order valence-electron chi connectivity index (χ3n) is 2.40. The third kappa shape index (κ3) is 1.52. The largest absolute Gasteiger partial charge is 0.383 e. The summed E-state index contributed by atoms with van der Waals surface area (Å²) in [5, 5.41) is 4.10. The third-order valence-corrected chi connectivity index (χ3v) is 2.40. The highest BCUT2D eigenvalue weighted by atomic mass is 16.1. The van der Waals surface area contributed by atoms with Gasteiger partial charge in [0.05, 0.1) is 5.69 Å². The molecule has 1 aromatic carbocycles. The minimum Gasteiger partial charge on any atom is -0.383 e. The van der Waals surface area contributed by atoms with Gasteiger partial charge in [0.25, 0.3) is 5.91 Å². The molecule has 4 N–H and O–H groups in total. The lowest BCUT2D eigenvalue weighted by Crippen LogP contribution is -2.13. The topological polar surface area (TPSA) is 86.9 Å². The van der Waals surface area contributed by atoms with E-state index in [2.05, 4.69) is 5.10 Å². The zero-order valence-electron chi connectivity index (χ0n) is 8.84. The molecule has 2 aromatic rings. The van der Waals surface area contributed by atoms with Gasteiger partial charge in [-0.05, 0) is 19.1 Å². The molecule has 0 saturated carbocycles. The van der Waals surface area contributed by atoms with Crippen LogP contribution in [0.4, 0.5) is 5.82 Å². The highest BCUT2D eigenvalue weighted by molar-refractivity contribution is 5.93. The molecule has 0 radical (unpaired) electrons. The molecule has 0 bridgehead atoms. The number of primary amides is 1. The van der Waals surface area contributed by atoms with Crippen LogP contribution in [-0.2, 0) is 0 Å². The summed E-state index contributed by atoms with van der Waals surface area (Å²) < 4.78 is 1.51. The molecule has 0 aliphatic rings. The molecule has 2 rings (SSSR count). The van der Waals surface area contributed by atoms with Gasteiger partial charge in [-0.2, -0.15) is 5.10 Å². The average molecular weight is 216 g/mol. The number of nitrogens with zero attached hydrogens (tertiary/aromatic N) is 2. The van der Waals surface area contributed by atoms with Crippen LogP contribution in [-0.4, -0.2) is 15.7 Å². The molecule has 0 fully saturated rings. The Bertz CT molecular complexity index is 530. The zero-order valence-corrected chi connectivity index (χ0v) is 8.84. The Morgan fingerprint density at radius 1 is 1.31 bits per heavy atom. The predicted octanol–water partition coefficient (Wildman–Crippen LogP) is 0.862. The lowest BCUT2D eigenvalue weighted by Gasteiger charge is -2.02. The van der Waals surface area contributed by atoms with E-state index < -0.39 is 5.91 Å². The first kappa shape index (κ1) is 10.2. The van der Waals surface area contributed by atoms with Crippen LogP contribution in [0, 0.1) is 6.92 Å². The first-order valence-electron chi connectivity index (χ1n) is 4.81. The molecule has 0 spiro atoms. The van der Waals surface area contributed by atoms with Crippen molar-refractivity contribution in [2.45, 2.75) is 6.92 Å². The molecule has 82 valence electrons. The molecule has 5 nitrogen and oxygen atoms in total. The standard InChI is InChI=1S/C11H12N4O/c1-7-9(11(13)16)14-15(10(7)12)8-5-3-2-4-6-8/h2-6H,12H2,1H3,(H2,13,16). The van der Waals surface area contributed by atoms with Gasteiger partial charge in [0, 0.05) is 5.56 Å². The van der Waals surface area contributed by atoms with Gasteiger partial charge >= 0.3 is 0 Å². The Morgan fingerprint density at radius 2 is 1.94 bits per heavy atom. The molecular formula is C11H12N4O. The first-order valence-corrected chi connectivity index (χ1v) is 4.81. The molecule has 0 unspecified atom stereocenters. The van der Waals surface area contributed by atoms with Crippen molar-refractivity contribution >= 4 is 11.7 Å². The summed E-state index contributed by atoms with van der Waals surface area (Å²) in [7, 11) is 0. The van der Waals surface area contributed by atoms with Gasteiger partial charge in [-0.1, -0.05) is 18.2 Å². The van der Waals surface area contributed by atoms with Crippen molar-refractivity contribution < 1.29 is 4.79 Å². The van der Waals surface area contributed by atoms with Crippen molar-refractivity contribution in [2.75, 3.05) is 5.73 Å². The summed E-state index contributed by atoms with van der Waals surface area (Å²) in [5.74, 6) is -0.140. The minimum atomic E-state index is -0.570. The van der Waals surface area contributed by atoms with Gasteiger partial charge in [0.2, 0.25) is 0 Å². The number of aromatic nitrogens is 2. The normalized spacial score (nSPS) is 10.3. The van der Waals surface area contributed by atoms with Crippen LogP contribution in [0.2, 0.25) is 0 Å². The summed E-state index contributed by atoms with van der Waals surface area (Å²) in [4.78, 5) is 11.1. The maximum atomic E-state index is 11.1. The van der Waals surface area contributed by atoms with Gasteiger partial charge in [0.1, 0.15) is 5.82 Å². The molecule has 0 saturated heterocycles. The fourth-order valence-corrected chi connectivity index (χ4v) is 1.51. The van der Waals surface area contributed by atoms with E-state index in [0.717, 1.165) is 5.69 Å². The van der Waals surface area contributed by atoms with Crippen LogP contribution in [0.1, 0.15) is 16.1 Å². The van der Waals surface area contributed by atoms with E-state index in [0.29, 0.717) is 11.4 Å².